The number of nitrogens with one attached hydrogen (secondary N) is 1. The van der Waals surface area contributed by atoms with E-state index in [1.54, 1.807) is 0 Å². The SMILES string of the molecule is CC(C)c1ccccc1-n1nc(C(C)(C)C)c2c1NCCCC2. The van der Waals surface area contributed by atoms with E-state index in [1.807, 2.05) is 0 Å². The molecular formula is C20H29N3. The summed E-state index contributed by atoms with van der Waals surface area (Å²) in [5.41, 5.74) is 5.27. The zero-order chi connectivity index (χ0) is 16.6. The van der Waals surface area contributed by atoms with E-state index in [2.05, 4.69) is 68.9 Å². The molecule has 0 amide bonds. The van der Waals surface area contributed by atoms with Crippen LogP contribution in [0.15, 0.2) is 24.3 Å². The van der Waals surface area contributed by atoms with Crippen LogP contribution in [0.3, 0.4) is 0 Å². The van der Waals surface area contributed by atoms with Crippen molar-refractivity contribution in [2.75, 3.05) is 11.9 Å². The lowest BCUT2D eigenvalue weighted by Crippen LogP contribution is -2.15. The lowest BCUT2D eigenvalue weighted by atomic mass is 9.88. The Morgan fingerprint density at radius 3 is 2.57 bits per heavy atom. The summed E-state index contributed by atoms with van der Waals surface area (Å²) in [5.74, 6) is 1.69. The molecule has 0 bridgehead atoms. The Hall–Kier alpha value is -1.77. The molecule has 0 spiro atoms. The molecule has 3 nitrogen and oxygen atoms in total. The molecule has 23 heavy (non-hydrogen) atoms. The first-order valence-corrected chi connectivity index (χ1v) is 8.85. The second-order valence-electron chi connectivity index (χ2n) is 7.93. The first kappa shape index (κ1) is 16.1. The first-order valence-electron chi connectivity index (χ1n) is 8.85. The largest absolute Gasteiger partial charge is 0.370 e. The molecule has 1 N–H and O–H groups in total. The average Bonchev–Trinajstić information content (AvgIpc) is 2.70. The predicted octanol–water partition coefficient (Wildman–Crippen LogP) is 5.04. The summed E-state index contributed by atoms with van der Waals surface area (Å²) in [6.07, 6.45) is 3.59. The molecule has 1 aliphatic rings. The van der Waals surface area contributed by atoms with Crippen LogP contribution in [-0.2, 0) is 11.8 Å². The molecule has 0 atom stereocenters. The lowest BCUT2D eigenvalue weighted by Gasteiger charge is -2.17. The van der Waals surface area contributed by atoms with Crippen molar-refractivity contribution in [3.05, 3.63) is 41.1 Å². The number of anilines is 1. The van der Waals surface area contributed by atoms with Crippen LogP contribution in [0.1, 0.15) is 70.2 Å². The molecular weight excluding hydrogens is 282 g/mol. The molecule has 1 aliphatic heterocycles. The predicted molar refractivity (Wildman–Crippen MR) is 97.8 cm³/mol. The van der Waals surface area contributed by atoms with Crippen LogP contribution in [0.5, 0.6) is 0 Å². The summed E-state index contributed by atoms with van der Waals surface area (Å²) >= 11 is 0. The van der Waals surface area contributed by atoms with Gasteiger partial charge < -0.3 is 5.32 Å². The smallest absolute Gasteiger partial charge is 0.133 e. The van der Waals surface area contributed by atoms with Gasteiger partial charge in [0.05, 0.1) is 11.4 Å². The molecule has 1 aromatic carbocycles. The molecule has 124 valence electrons. The van der Waals surface area contributed by atoms with Gasteiger partial charge in [-0.3, -0.25) is 0 Å². The fraction of sp³-hybridized carbons (Fsp3) is 0.550. The van der Waals surface area contributed by atoms with Crippen LogP contribution >= 0.6 is 0 Å². The molecule has 3 rings (SSSR count). The van der Waals surface area contributed by atoms with Crippen molar-refractivity contribution < 1.29 is 0 Å². The third kappa shape index (κ3) is 3.01. The van der Waals surface area contributed by atoms with E-state index < -0.39 is 0 Å². The summed E-state index contributed by atoms with van der Waals surface area (Å²) < 4.78 is 2.16. The molecule has 0 radical (unpaired) electrons. The van der Waals surface area contributed by atoms with Gasteiger partial charge in [0.25, 0.3) is 0 Å². The van der Waals surface area contributed by atoms with Gasteiger partial charge in [0.2, 0.25) is 0 Å². The Bertz CT molecular complexity index is 689. The van der Waals surface area contributed by atoms with Crippen LogP contribution < -0.4 is 5.32 Å². The van der Waals surface area contributed by atoms with E-state index in [9.17, 15) is 0 Å². The molecule has 0 unspecified atom stereocenters. The third-order valence-electron chi connectivity index (χ3n) is 4.63. The summed E-state index contributed by atoms with van der Waals surface area (Å²) in [6, 6.07) is 8.66. The Morgan fingerprint density at radius 1 is 1.13 bits per heavy atom. The van der Waals surface area contributed by atoms with Crippen LogP contribution in [0.4, 0.5) is 5.82 Å². The number of para-hydroxylation sites is 1. The van der Waals surface area contributed by atoms with Gasteiger partial charge >= 0.3 is 0 Å². The quantitative estimate of drug-likeness (QED) is 0.842. The maximum absolute atomic E-state index is 5.07. The molecule has 3 heteroatoms. The zero-order valence-corrected chi connectivity index (χ0v) is 15.1. The lowest BCUT2D eigenvalue weighted by molar-refractivity contribution is 0.552. The number of rotatable bonds is 2. The zero-order valence-electron chi connectivity index (χ0n) is 15.1. The van der Waals surface area contributed by atoms with Crippen molar-refractivity contribution in [1.29, 1.82) is 0 Å². The van der Waals surface area contributed by atoms with Crippen molar-refractivity contribution in [3.8, 4) is 5.69 Å². The summed E-state index contributed by atoms with van der Waals surface area (Å²) in [5, 5.41) is 8.72. The van der Waals surface area contributed by atoms with Gasteiger partial charge in [-0.1, -0.05) is 52.8 Å². The number of aromatic nitrogens is 2. The van der Waals surface area contributed by atoms with Gasteiger partial charge in [-0.15, -0.1) is 0 Å². The number of nitrogens with zero attached hydrogens (tertiary/aromatic N) is 2. The minimum atomic E-state index is 0.0636. The first-order chi connectivity index (χ1) is 10.9. The highest BCUT2D eigenvalue weighted by molar-refractivity contribution is 5.57. The normalized spacial score (nSPS) is 15.2. The van der Waals surface area contributed by atoms with Crippen LogP contribution in [0, 0.1) is 0 Å². The van der Waals surface area contributed by atoms with E-state index in [-0.39, 0.29) is 5.41 Å². The van der Waals surface area contributed by atoms with Gasteiger partial charge in [-0.05, 0) is 36.8 Å². The van der Waals surface area contributed by atoms with Crippen molar-refractivity contribution in [3.63, 3.8) is 0 Å². The molecule has 0 saturated heterocycles. The summed E-state index contributed by atoms with van der Waals surface area (Å²) in [6.45, 7) is 12.3. The van der Waals surface area contributed by atoms with Gasteiger partial charge in [0.15, 0.2) is 0 Å². The van der Waals surface area contributed by atoms with E-state index >= 15 is 0 Å². The highest BCUT2D eigenvalue weighted by atomic mass is 15.3. The molecule has 1 aromatic heterocycles. The fourth-order valence-corrected chi connectivity index (χ4v) is 3.45. The average molecular weight is 311 g/mol. The topological polar surface area (TPSA) is 29.9 Å². The van der Waals surface area contributed by atoms with Crippen molar-refractivity contribution in [2.24, 2.45) is 0 Å². The fourth-order valence-electron chi connectivity index (χ4n) is 3.45. The van der Waals surface area contributed by atoms with Gasteiger partial charge in [0.1, 0.15) is 5.82 Å². The van der Waals surface area contributed by atoms with Crippen LogP contribution in [0.2, 0.25) is 0 Å². The number of hydrogen-bond donors (Lipinski definition) is 1. The van der Waals surface area contributed by atoms with Crippen molar-refractivity contribution >= 4 is 5.82 Å². The van der Waals surface area contributed by atoms with Gasteiger partial charge in [-0.2, -0.15) is 5.10 Å². The Kier molecular flexibility index (Phi) is 4.22. The van der Waals surface area contributed by atoms with Crippen molar-refractivity contribution in [2.45, 2.75) is 65.2 Å². The van der Waals surface area contributed by atoms with E-state index in [0.29, 0.717) is 5.92 Å². The van der Waals surface area contributed by atoms with Crippen molar-refractivity contribution in [1.82, 2.24) is 9.78 Å². The summed E-state index contributed by atoms with van der Waals surface area (Å²) in [4.78, 5) is 0. The molecule has 2 heterocycles. The highest BCUT2D eigenvalue weighted by Gasteiger charge is 2.28. The molecule has 0 fully saturated rings. The van der Waals surface area contributed by atoms with Gasteiger partial charge in [0, 0.05) is 17.5 Å². The maximum Gasteiger partial charge on any atom is 0.133 e. The number of benzene rings is 1. The minimum absolute atomic E-state index is 0.0636. The van der Waals surface area contributed by atoms with E-state index in [0.717, 1.165) is 13.0 Å². The van der Waals surface area contributed by atoms with Crippen LogP contribution in [0.25, 0.3) is 5.69 Å². The molecule has 0 aliphatic carbocycles. The van der Waals surface area contributed by atoms with Gasteiger partial charge in [-0.25, -0.2) is 4.68 Å². The van der Waals surface area contributed by atoms with E-state index in [4.69, 9.17) is 5.10 Å². The molecule has 2 aromatic rings. The van der Waals surface area contributed by atoms with Crippen LogP contribution in [-0.4, -0.2) is 16.3 Å². The number of fused-ring (bicyclic) bond motifs is 1. The minimum Gasteiger partial charge on any atom is -0.370 e. The third-order valence-corrected chi connectivity index (χ3v) is 4.63. The Morgan fingerprint density at radius 2 is 1.87 bits per heavy atom. The maximum atomic E-state index is 5.07. The Labute approximate surface area is 140 Å². The second kappa shape index (κ2) is 6.03. The molecule has 0 saturated carbocycles. The second-order valence-corrected chi connectivity index (χ2v) is 7.93. The standard InChI is InChI=1S/C20H29N3/c1-14(2)15-10-6-7-12-17(15)23-19-16(11-8-9-13-21-19)18(22-23)20(3,4)5/h6-7,10,12,14,21H,8-9,11,13H2,1-5H3. The van der Waals surface area contributed by atoms with E-state index in [1.165, 1.54) is 41.2 Å². The monoisotopic (exact) mass is 311 g/mol. The highest BCUT2D eigenvalue weighted by Crippen LogP contribution is 2.36. The summed E-state index contributed by atoms with van der Waals surface area (Å²) in [7, 11) is 0. The number of hydrogen-bond acceptors (Lipinski definition) is 2. The Balaban J connectivity index is 2.23.